The zero-order chi connectivity index (χ0) is 16.3. The summed E-state index contributed by atoms with van der Waals surface area (Å²) in [5.74, 6) is 0.154. The van der Waals surface area contributed by atoms with E-state index in [1.165, 1.54) is 11.1 Å². The minimum atomic E-state index is -0.151. The molecule has 0 aromatic carbocycles. The van der Waals surface area contributed by atoms with Crippen molar-refractivity contribution < 1.29 is 0 Å². The predicted octanol–water partition coefficient (Wildman–Crippen LogP) is 0.611. The summed E-state index contributed by atoms with van der Waals surface area (Å²) in [5.41, 5.74) is 22.0. The van der Waals surface area contributed by atoms with Crippen LogP contribution in [0.2, 0.25) is 0 Å². The van der Waals surface area contributed by atoms with Crippen LogP contribution < -0.4 is 22.6 Å². The quantitative estimate of drug-likeness (QED) is 0.295. The van der Waals surface area contributed by atoms with Gasteiger partial charge in [0.15, 0.2) is 0 Å². The van der Waals surface area contributed by atoms with Gasteiger partial charge in [-0.1, -0.05) is 12.5 Å². The van der Waals surface area contributed by atoms with Crippen LogP contribution in [0.5, 0.6) is 0 Å². The molecule has 1 fully saturated rings. The van der Waals surface area contributed by atoms with E-state index in [0.717, 1.165) is 31.4 Å². The molecule has 8 N–H and O–H groups in total. The van der Waals surface area contributed by atoms with Gasteiger partial charge < -0.3 is 17.2 Å². The molecule has 0 amide bonds. The number of rotatable bonds is 3. The molecular weight excluding hydrogens is 280 g/mol. The van der Waals surface area contributed by atoms with Crippen LogP contribution in [-0.2, 0) is 0 Å². The number of nitrogens with zero attached hydrogens (tertiary/aromatic N) is 3. The topological polar surface area (TPSA) is 151 Å². The first-order valence-corrected chi connectivity index (χ1v) is 7.34. The van der Waals surface area contributed by atoms with Gasteiger partial charge in [-0.3, -0.25) is 5.41 Å². The molecule has 1 saturated carbocycles. The number of nitrogens with two attached hydrogens (primary N) is 3. The van der Waals surface area contributed by atoms with Crippen molar-refractivity contribution in [3.8, 4) is 0 Å². The van der Waals surface area contributed by atoms with Crippen LogP contribution in [0, 0.1) is 16.7 Å². The fourth-order valence-electron chi connectivity index (χ4n) is 3.50. The zero-order valence-electron chi connectivity index (χ0n) is 13.1. The number of hydrogen-bond acceptors (Lipinski definition) is 4. The van der Waals surface area contributed by atoms with Crippen LogP contribution in [0.3, 0.4) is 0 Å². The van der Waals surface area contributed by atoms with Crippen molar-refractivity contribution >= 4 is 23.8 Å². The smallest absolute Gasteiger partial charge is 0.211 e. The highest BCUT2D eigenvalue weighted by Crippen LogP contribution is 2.53. The summed E-state index contributed by atoms with van der Waals surface area (Å²) in [7, 11) is 0. The summed E-state index contributed by atoms with van der Waals surface area (Å²) in [4.78, 5) is 0. The van der Waals surface area contributed by atoms with Gasteiger partial charge in [-0.05, 0) is 43.6 Å². The van der Waals surface area contributed by atoms with Gasteiger partial charge in [-0.2, -0.15) is 10.2 Å². The fourth-order valence-corrected chi connectivity index (χ4v) is 3.50. The number of allylic oxidation sites excluding steroid dienone is 2. The molecule has 0 heterocycles. The van der Waals surface area contributed by atoms with Crippen LogP contribution in [0.25, 0.3) is 0 Å². The standard InChI is InChI=1S/C14H24N8/c1-8-10-4-3-9(7-19-21-12(15)16)14(10,2)6-5-11(8)20-22-13(17)18/h7,9H,3-6H2,1-2H3,(H4,15,16,21)(H4,17,18,22)/b19-7+,20-11+/t9-,14+/m0/s1. The summed E-state index contributed by atoms with van der Waals surface area (Å²) in [6.45, 7) is 4.35. The second-order valence-electron chi connectivity index (χ2n) is 6.04. The number of hydrazone groups is 1. The SMILES string of the molecule is CC1=C2CC[C@@H](/C=N/NC(=N)N)[C@@]2(C)CC/C1=N\N=C(N)N. The molecule has 2 rings (SSSR count). The Hall–Kier alpha value is -2.38. The second kappa shape index (κ2) is 6.17. The molecule has 120 valence electrons. The third kappa shape index (κ3) is 3.10. The average Bonchev–Trinajstić information content (AvgIpc) is 2.76. The van der Waals surface area contributed by atoms with Gasteiger partial charge in [-0.15, -0.1) is 5.10 Å². The normalized spacial score (nSPS) is 29.7. The van der Waals surface area contributed by atoms with E-state index in [9.17, 15) is 0 Å². The number of guanidine groups is 2. The summed E-state index contributed by atoms with van der Waals surface area (Å²) in [6.07, 6.45) is 5.74. The molecule has 0 aromatic heterocycles. The Morgan fingerprint density at radius 1 is 1.36 bits per heavy atom. The maximum atomic E-state index is 7.13. The lowest BCUT2D eigenvalue weighted by atomic mass is 9.68. The van der Waals surface area contributed by atoms with Gasteiger partial charge in [-0.25, -0.2) is 5.43 Å². The highest BCUT2D eigenvalue weighted by atomic mass is 15.3. The van der Waals surface area contributed by atoms with Gasteiger partial charge in [0.05, 0.1) is 5.71 Å². The molecule has 2 aliphatic rings. The first-order chi connectivity index (χ1) is 10.3. The van der Waals surface area contributed by atoms with Gasteiger partial charge in [0.2, 0.25) is 11.9 Å². The third-order valence-electron chi connectivity index (χ3n) is 4.71. The van der Waals surface area contributed by atoms with Crippen molar-refractivity contribution in [3.63, 3.8) is 0 Å². The zero-order valence-corrected chi connectivity index (χ0v) is 13.1. The average molecular weight is 304 g/mol. The predicted molar refractivity (Wildman–Crippen MR) is 89.6 cm³/mol. The maximum absolute atomic E-state index is 7.13. The Morgan fingerprint density at radius 3 is 2.73 bits per heavy atom. The number of hydrogen-bond donors (Lipinski definition) is 5. The van der Waals surface area contributed by atoms with Crippen molar-refractivity contribution in [2.45, 2.75) is 39.5 Å². The van der Waals surface area contributed by atoms with Crippen LogP contribution >= 0.6 is 0 Å². The van der Waals surface area contributed by atoms with E-state index in [1.807, 2.05) is 6.21 Å². The lowest BCUT2D eigenvalue weighted by molar-refractivity contribution is 0.323. The van der Waals surface area contributed by atoms with Crippen molar-refractivity contribution in [2.24, 2.45) is 43.8 Å². The van der Waals surface area contributed by atoms with Gasteiger partial charge in [0.1, 0.15) is 0 Å². The highest BCUT2D eigenvalue weighted by Gasteiger charge is 2.45. The van der Waals surface area contributed by atoms with Crippen LogP contribution in [0.1, 0.15) is 39.5 Å². The third-order valence-corrected chi connectivity index (χ3v) is 4.71. The highest BCUT2D eigenvalue weighted by molar-refractivity contribution is 6.02. The summed E-state index contributed by atoms with van der Waals surface area (Å²) in [6, 6.07) is 0. The Morgan fingerprint density at radius 2 is 2.09 bits per heavy atom. The summed E-state index contributed by atoms with van der Waals surface area (Å²) < 4.78 is 0. The minimum absolute atomic E-state index is 0.0228. The number of nitrogens with one attached hydrogen (secondary N) is 2. The molecule has 8 nitrogen and oxygen atoms in total. The van der Waals surface area contributed by atoms with Gasteiger partial charge in [0, 0.05) is 12.1 Å². The van der Waals surface area contributed by atoms with E-state index in [-0.39, 0.29) is 17.3 Å². The molecule has 0 spiro atoms. The van der Waals surface area contributed by atoms with Crippen molar-refractivity contribution in [2.75, 3.05) is 0 Å². The fraction of sp³-hybridized carbons (Fsp3) is 0.571. The van der Waals surface area contributed by atoms with E-state index in [2.05, 4.69) is 34.6 Å². The van der Waals surface area contributed by atoms with Crippen LogP contribution in [0.4, 0.5) is 0 Å². The molecule has 0 unspecified atom stereocenters. The first-order valence-electron chi connectivity index (χ1n) is 7.34. The first kappa shape index (κ1) is 16.0. The Kier molecular flexibility index (Phi) is 4.48. The van der Waals surface area contributed by atoms with Crippen LogP contribution in [0.15, 0.2) is 26.5 Å². The molecule has 0 aromatic rings. The Balaban J connectivity index is 2.24. The van der Waals surface area contributed by atoms with Crippen molar-refractivity contribution in [3.05, 3.63) is 11.1 Å². The largest absolute Gasteiger partial charge is 0.369 e. The molecule has 2 atom stereocenters. The molecule has 0 bridgehead atoms. The van der Waals surface area contributed by atoms with E-state index in [4.69, 9.17) is 22.6 Å². The lowest BCUT2D eigenvalue weighted by Crippen LogP contribution is -2.32. The maximum Gasteiger partial charge on any atom is 0.211 e. The summed E-state index contributed by atoms with van der Waals surface area (Å²) in [5, 5.41) is 19.1. The second-order valence-corrected chi connectivity index (χ2v) is 6.04. The summed E-state index contributed by atoms with van der Waals surface area (Å²) >= 11 is 0. The number of fused-ring (bicyclic) bond motifs is 1. The minimum Gasteiger partial charge on any atom is -0.369 e. The molecule has 8 heteroatoms. The van der Waals surface area contributed by atoms with Crippen LogP contribution in [-0.4, -0.2) is 23.8 Å². The van der Waals surface area contributed by atoms with E-state index in [1.54, 1.807) is 0 Å². The molecule has 0 aliphatic heterocycles. The van der Waals surface area contributed by atoms with Gasteiger partial charge in [0.25, 0.3) is 0 Å². The molecule has 0 saturated heterocycles. The Bertz CT molecular complexity index is 582. The monoisotopic (exact) mass is 304 g/mol. The van der Waals surface area contributed by atoms with Crippen molar-refractivity contribution in [1.82, 2.24) is 5.43 Å². The lowest BCUT2D eigenvalue weighted by Gasteiger charge is -2.36. The molecule has 0 radical (unpaired) electrons. The van der Waals surface area contributed by atoms with E-state index < -0.39 is 0 Å². The molecule has 2 aliphatic carbocycles. The molecule has 22 heavy (non-hydrogen) atoms. The molecular formula is C14H24N8. The van der Waals surface area contributed by atoms with Gasteiger partial charge >= 0.3 is 0 Å². The Labute approximate surface area is 130 Å². The van der Waals surface area contributed by atoms with E-state index >= 15 is 0 Å². The van der Waals surface area contributed by atoms with Crippen molar-refractivity contribution in [1.29, 1.82) is 5.41 Å². The van der Waals surface area contributed by atoms with E-state index in [0.29, 0.717) is 5.92 Å².